The minimum absolute atomic E-state index is 0.0777. The number of benzene rings is 2. The van der Waals surface area contributed by atoms with Gasteiger partial charge in [-0.05, 0) is 49.4 Å². The molecule has 1 amide bonds. The molecule has 28 heavy (non-hydrogen) atoms. The molecule has 2 aromatic carbocycles. The fourth-order valence-electron chi connectivity index (χ4n) is 2.41. The van der Waals surface area contributed by atoms with E-state index in [1.807, 2.05) is 19.1 Å². The third kappa shape index (κ3) is 3.97. The maximum absolute atomic E-state index is 12.4. The molecule has 3 aromatic rings. The number of rotatable bonds is 6. The van der Waals surface area contributed by atoms with Gasteiger partial charge in [0, 0.05) is 19.8 Å². The molecule has 10 heteroatoms. The molecule has 0 radical (unpaired) electrons. The van der Waals surface area contributed by atoms with Crippen LogP contribution in [-0.2, 0) is 14.8 Å². The second-order valence-electron chi connectivity index (χ2n) is 6.50. The van der Waals surface area contributed by atoms with Crippen molar-refractivity contribution < 1.29 is 18.0 Å². The number of aromatic nitrogens is 3. The monoisotopic (exact) mass is 403 g/mol. The fraction of sp³-hybridized carbons (Fsp3) is 0.278. The quantitative estimate of drug-likeness (QED) is 0.668. The molecule has 0 saturated heterocycles. The number of anilines is 1. The summed E-state index contributed by atoms with van der Waals surface area (Å²) in [6.45, 7) is 3.52. The van der Waals surface area contributed by atoms with Crippen molar-refractivity contribution in [3.05, 3.63) is 48.0 Å². The van der Waals surface area contributed by atoms with Gasteiger partial charge in [0.25, 0.3) is 5.91 Å². The Morgan fingerprint density at radius 1 is 1.18 bits per heavy atom. The van der Waals surface area contributed by atoms with Crippen molar-refractivity contribution in [3.8, 4) is 0 Å². The van der Waals surface area contributed by atoms with E-state index in [2.05, 4.69) is 15.6 Å². The molecule has 0 bridgehead atoms. The lowest BCUT2D eigenvalue weighted by molar-refractivity contribution is -0.127. The van der Waals surface area contributed by atoms with Crippen molar-refractivity contribution in [1.82, 2.24) is 19.5 Å². The zero-order valence-electron chi connectivity index (χ0n) is 15.9. The van der Waals surface area contributed by atoms with Crippen LogP contribution in [0.2, 0.25) is 0 Å². The van der Waals surface area contributed by atoms with Crippen LogP contribution in [0.5, 0.6) is 0 Å². The maximum atomic E-state index is 12.4. The standard InChI is InChI=1S/C18H21N5O4S/c1-12-5-7-14(8-6-12)19-18(24)13(2)27-23-17-11-15(28(25,26)22(3)4)9-10-16(17)20-21-23/h5-11,13H,1-4H3,(H,19,24). The third-order valence-corrected chi connectivity index (χ3v) is 5.92. The van der Waals surface area contributed by atoms with Crippen molar-refractivity contribution in [3.63, 3.8) is 0 Å². The van der Waals surface area contributed by atoms with Crippen LogP contribution in [0.3, 0.4) is 0 Å². The van der Waals surface area contributed by atoms with Crippen molar-refractivity contribution in [1.29, 1.82) is 0 Å². The number of aryl methyl sites for hydroxylation is 1. The van der Waals surface area contributed by atoms with Crippen LogP contribution in [0.1, 0.15) is 12.5 Å². The van der Waals surface area contributed by atoms with E-state index >= 15 is 0 Å². The van der Waals surface area contributed by atoms with E-state index in [0.717, 1.165) is 14.7 Å². The molecule has 0 aliphatic rings. The topological polar surface area (TPSA) is 106 Å². The average molecular weight is 403 g/mol. The fourth-order valence-corrected chi connectivity index (χ4v) is 3.33. The van der Waals surface area contributed by atoms with Crippen LogP contribution < -0.4 is 10.2 Å². The van der Waals surface area contributed by atoms with Crippen molar-refractivity contribution in [2.45, 2.75) is 24.8 Å². The number of fused-ring (bicyclic) bond motifs is 1. The Labute approximate surface area is 162 Å². The summed E-state index contributed by atoms with van der Waals surface area (Å²) in [7, 11) is -0.727. The zero-order chi connectivity index (χ0) is 20.5. The summed E-state index contributed by atoms with van der Waals surface area (Å²) >= 11 is 0. The lowest BCUT2D eigenvalue weighted by Gasteiger charge is -2.14. The number of hydrogen-bond acceptors (Lipinski definition) is 6. The molecule has 0 saturated carbocycles. The molecular formula is C18H21N5O4S. The third-order valence-electron chi connectivity index (χ3n) is 4.11. The Hall–Kier alpha value is -2.98. The number of hydrogen-bond donors (Lipinski definition) is 1. The first-order valence-electron chi connectivity index (χ1n) is 8.51. The molecule has 148 valence electrons. The molecular weight excluding hydrogens is 382 g/mol. The van der Waals surface area contributed by atoms with E-state index in [-0.39, 0.29) is 10.8 Å². The largest absolute Gasteiger partial charge is 0.382 e. The highest BCUT2D eigenvalue weighted by molar-refractivity contribution is 7.89. The van der Waals surface area contributed by atoms with Crippen molar-refractivity contribution in [2.24, 2.45) is 0 Å². The Balaban J connectivity index is 1.81. The Morgan fingerprint density at radius 2 is 1.86 bits per heavy atom. The molecule has 1 aromatic heterocycles. The van der Waals surface area contributed by atoms with E-state index in [1.54, 1.807) is 19.1 Å². The Kier molecular flexibility index (Phi) is 5.34. The Morgan fingerprint density at radius 3 is 2.50 bits per heavy atom. The summed E-state index contributed by atoms with van der Waals surface area (Å²) in [6.07, 6.45) is -0.889. The van der Waals surface area contributed by atoms with Crippen molar-refractivity contribution >= 4 is 32.7 Å². The van der Waals surface area contributed by atoms with E-state index < -0.39 is 16.1 Å². The minimum atomic E-state index is -3.62. The van der Waals surface area contributed by atoms with Crippen molar-refractivity contribution in [2.75, 3.05) is 19.4 Å². The van der Waals surface area contributed by atoms with Crippen LogP contribution in [-0.4, -0.2) is 54.0 Å². The maximum Gasteiger partial charge on any atom is 0.267 e. The molecule has 1 N–H and O–H groups in total. The lowest BCUT2D eigenvalue weighted by atomic mass is 10.2. The predicted molar refractivity (Wildman–Crippen MR) is 104 cm³/mol. The van der Waals surface area contributed by atoms with Gasteiger partial charge in [0.05, 0.1) is 4.90 Å². The van der Waals surface area contributed by atoms with Gasteiger partial charge in [0.2, 0.25) is 16.1 Å². The second-order valence-corrected chi connectivity index (χ2v) is 8.66. The van der Waals surface area contributed by atoms with Gasteiger partial charge in [-0.2, -0.15) is 0 Å². The number of carbonyl (C=O) groups is 1. The smallest absolute Gasteiger partial charge is 0.267 e. The molecule has 9 nitrogen and oxygen atoms in total. The second kappa shape index (κ2) is 7.56. The number of sulfonamides is 1. The van der Waals surface area contributed by atoms with Crippen LogP contribution in [0.15, 0.2) is 47.4 Å². The lowest BCUT2D eigenvalue weighted by Crippen LogP contribution is -2.35. The molecule has 0 spiro atoms. The van der Waals surface area contributed by atoms with Gasteiger partial charge < -0.3 is 10.2 Å². The molecule has 0 aliphatic heterocycles. The molecule has 0 fully saturated rings. The van der Waals surface area contributed by atoms with E-state index in [1.165, 1.54) is 32.3 Å². The van der Waals surface area contributed by atoms with Gasteiger partial charge in [-0.25, -0.2) is 12.7 Å². The van der Waals surface area contributed by atoms with Crippen LogP contribution in [0.4, 0.5) is 5.69 Å². The normalized spacial score (nSPS) is 12.9. The molecule has 0 aliphatic carbocycles. The first-order valence-corrected chi connectivity index (χ1v) is 9.95. The van der Waals surface area contributed by atoms with Crippen LogP contribution in [0, 0.1) is 6.92 Å². The summed E-state index contributed by atoms with van der Waals surface area (Å²) in [4.78, 5) is 19.1. The summed E-state index contributed by atoms with van der Waals surface area (Å²) in [6, 6.07) is 11.8. The first-order chi connectivity index (χ1) is 13.2. The van der Waals surface area contributed by atoms with E-state index in [4.69, 9.17) is 4.84 Å². The first kappa shape index (κ1) is 19.8. The van der Waals surface area contributed by atoms with Gasteiger partial charge in [-0.1, -0.05) is 22.5 Å². The molecule has 3 rings (SSSR count). The summed E-state index contributed by atoms with van der Waals surface area (Å²) in [5.74, 6) is -0.371. The number of carbonyl (C=O) groups excluding carboxylic acids is 1. The Bertz CT molecular complexity index is 1110. The van der Waals surface area contributed by atoms with Crippen LogP contribution in [0.25, 0.3) is 11.0 Å². The van der Waals surface area contributed by atoms with E-state index in [0.29, 0.717) is 16.7 Å². The van der Waals surface area contributed by atoms with Gasteiger partial charge in [-0.15, -0.1) is 5.10 Å². The number of nitrogens with one attached hydrogen (secondary N) is 1. The highest BCUT2D eigenvalue weighted by Crippen LogP contribution is 2.19. The number of nitrogens with zero attached hydrogens (tertiary/aromatic N) is 4. The molecule has 1 unspecified atom stereocenters. The summed E-state index contributed by atoms with van der Waals surface area (Å²) < 4.78 is 25.8. The molecule has 1 atom stereocenters. The highest BCUT2D eigenvalue weighted by Gasteiger charge is 2.21. The number of amides is 1. The van der Waals surface area contributed by atoms with Gasteiger partial charge in [0.1, 0.15) is 11.0 Å². The van der Waals surface area contributed by atoms with Crippen LogP contribution >= 0.6 is 0 Å². The van der Waals surface area contributed by atoms with Gasteiger partial charge in [-0.3, -0.25) is 4.79 Å². The predicted octanol–water partition coefficient (Wildman–Crippen LogP) is 1.45. The van der Waals surface area contributed by atoms with Gasteiger partial charge >= 0.3 is 0 Å². The molecule has 1 heterocycles. The van der Waals surface area contributed by atoms with E-state index in [9.17, 15) is 13.2 Å². The minimum Gasteiger partial charge on any atom is -0.382 e. The SMILES string of the molecule is Cc1ccc(NC(=O)C(C)On2nnc3ccc(S(=O)(=O)N(C)C)cc32)cc1. The summed E-state index contributed by atoms with van der Waals surface area (Å²) in [5.41, 5.74) is 2.52. The average Bonchev–Trinajstić information content (AvgIpc) is 3.05. The zero-order valence-corrected chi connectivity index (χ0v) is 16.8. The summed E-state index contributed by atoms with van der Waals surface area (Å²) in [5, 5.41) is 10.6. The highest BCUT2D eigenvalue weighted by atomic mass is 32.2. The van der Waals surface area contributed by atoms with Gasteiger partial charge in [0.15, 0.2) is 0 Å².